The van der Waals surface area contributed by atoms with Gasteiger partial charge in [-0.2, -0.15) is 0 Å². The summed E-state index contributed by atoms with van der Waals surface area (Å²) in [5.41, 5.74) is 2.34. The summed E-state index contributed by atoms with van der Waals surface area (Å²) in [4.78, 5) is 30.1. The van der Waals surface area contributed by atoms with Crippen molar-refractivity contribution in [3.05, 3.63) is 92.2 Å². The van der Waals surface area contributed by atoms with E-state index in [-0.39, 0.29) is 17.6 Å². The number of halogens is 2. The van der Waals surface area contributed by atoms with Gasteiger partial charge < -0.3 is 19.5 Å². The van der Waals surface area contributed by atoms with Crippen LogP contribution in [0.2, 0.25) is 5.02 Å². The molecule has 3 heterocycles. The fraction of sp³-hybridized carbons (Fsp3) is 0.154. The van der Waals surface area contributed by atoms with E-state index < -0.39 is 0 Å². The molecule has 1 N–H and O–H groups in total. The minimum Gasteiger partial charge on any atom is -0.451 e. The lowest BCUT2D eigenvalue weighted by Gasteiger charge is -2.36. The number of amides is 2. The van der Waals surface area contributed by atoms with Gasteiger partial charge >= 0.3 is 0 Å². The minimum atomic E-state index is -0.349. The van der Waals surface area contributed by atoms with Gasteiger partial charge in [-0.05, 0) is 53.9 Å². The van der Waals surface area contributed by atoms with Crippen LogP contribution in [0.15, 0.2) is 81.0 Å². The average molecular weight is 571 g/mol. The zero-order valence-corrected chi connectivity index (χ0v) is 21.7. The first-order valence-corrected chi connectivity index (χ1v) is 13.1. The molecule has 2 aromatic carbocycles. The Bertz CT molecular complexity index is 1350. The first kappa shape index (κ1) is 23.7. The van der Waals surface area contributed by atoms with Crippen LogP contribution in [-0.4, -0.2) is 42.9 Å². The maximum atomic E-state index is 12.7. The molecule has 0 radical (unpaired) electrons. The molecule has 6 nitrogen and oxygen atoms in total. The van der Waals surface area contributed by atoms with Crippen molar-refractivity contribution < 1.29 is 14.0 Å². The molecule has 1 fully saturated rings. The van der Waals surface area contributed by atoms with Gasteiger partial charge in [0.05, 0.1) is 15.6 Å². The Hall–Kier alpha value is -3.07. The van der Waals surface area contributed by atoms with Crippen LogP contribution in [0.25, 0.3) is 11.3 Å². The largest absolute Gasteiger partial charge is 0.451 e. The van der Waals surface area contributed by atoms with E-state index in [0.29, 0.717) is 42.6 Å². The van der Waals surface area contributed by atoms with Crippen molar-refractivity contribution in [1.82, 2.24) is 4.90 Å². The molecule has 0 saturated carbocycles. The number of nitrogens with zero attached hydrogens (tertiary/aromatic N) is 2. The molecule has 1 aliphatic heterocycles. The summed E-state index contributed by atoms with van der Waals surface area (Å²) in [6, 6.07) is 20.3. The van der Waals surface area contributed by atoms with Gasteiger partial charge in [-0.25, -0.2) is 0 Å². The van der Waals surface area contributed by atoms with E-state index in [1.807, 2.05) is 58.8 Å². The lowest BCUT2D eigenvalue weighted by molar-refractivity contribution is 0.0751. The lowest BCUT2D eigenvalue weighted by Crippen LogP contribution is -2.48. The molecule has 0 unspecified atom stereocenters. The Kier molecular flexibility index (Phi) is 6.95. The fourth-order valence-electron chi connectivity index (χ4n) is 3.97. The van der Waals surface area contributed by atoms with Gasteiger partial charge in [0, 0.05) is 41.9 Å². The van der Waals surface area contributed by atoms with Crippen molar-refractivity contribution >= 4 is 62.1 Å². The molecule has 5 rings (SSSR count). The molecule has 2 aromatic heterocycles. The molecule has 0 bridgehead atoms. The van der Waals surface area contributed by atoms with E-state index in [9.17, 15) is 9.59 Å². The quantitative estimate of drug-likeness (QED) is 0.292. The number of carbonyl (C=O) groups is 2. The number of hydrogen-bond acceptors (Lipinski definition) is 5. The standard InChI is InChI=1S/C26H21BrClN3O3S/c27-18-5-3-17(4-6-18)22-9-10-23(34-22)25(32)29-19-7-8-21(20(28)16-19)30-11-13-31(14-12-30)26(33)24-2-1-15-35-24/h1-10,15-16H,11-14H2,(H,29,32). The van der Waals surface area contributed by atoms with Crippen LogP contribution in [-0.2, 0) is 0 Å². The van der Waals surface area contributed by atoms with E-state index in [4.69, 9.17) is 16.0 Å². The third-order valence-corrected chi connectivity index (χ3v) is 7.49. The smallest absolute Gasteiger partial charge is 0.291 e. The van der Waals surface area contributed by atoms with Crippen molar-refractivity contribution in [3.8, 4) is 11.3 Å². The Labute approximate surface area is 220 Å². The van der Waals surface area contributed by atoms with Gasteiger partial charge in [0.2, 0.25) is 0 Å². The highest BCUT2D eigenvalue weighted by Gasteiger charge is 2.24. The van der Waals surface area contributed by atoms with Crippen LogP contribution in [0.5, 0.6) is 0 Å². The number of hydrogen-bond donors (Lipinski definition) is 1. The van der Waals surface area contributed by atoms with Crippen LogP contribution < -0.4 is 10.2 Å². The highest BCUT2D eigenvalue weighted by Crippen LogP contribution is 2.31. The van der Waals surface area contributed by atoms with Gasteiger partial charge in [0.25, 0.3) is 11.8 Å². The van der Waals surface area contributed by atoms with Crippen molar-refractivity contribution in [3.63, 3.8) is 0 Å². The number of furan rings is 1. The van der Waals surface area contributed by atoms with Crippen LogP contribution in [0, 0.1) is 0 Å². The fourth-order valence-corrected chi connectivity index (χ4v) is 5.22. The van der Waals surface area contributed by atoms with Gasteiger partial charge in [0.1, 0.15) is 5.76 Å². The minimum absolute atomic E-state index is 0.0741. The number of thiophene rings is 1. The van der Waals surface area contributed by atoms with Crippen molar-refractivity contribution in [2.45, 2.75) is 0 Å². The van der Waals surface area contributed by atoms with Crippen LogP contribution >= 0.6 is 38.9 Å². The van der Waals surface area contributed by atoms with Crippen molar-refractivity contribution in [1.29, 1.82) is 0 Å². The topological polar surface area (TPSA) is 65.8 Å². The van der Waals surface area contributed by atoms with Crippen molar-refractivity contribution in [2.75, 3.05) is 36.4 Å². The summed E-state index contributed by atoms with van der Waals surface area (Å²) < 4.78 is 6.72. The molecule has 178 valence electrons. The molecule has 4 aromatic rings. The highest BCUT2D eigenvalue weighted by molar-refractivity contribution is 9.10. The molecular formula is C26H21BrClN3O3S. The second-order valence-corrected chi connectivity index (χ2v) is 10.3. The lowest BCUT2D eigenvalue weighted by atomic mass is 10.2. The number of rotatable bonds is 5. The van der Waals surface area contributed by atoms with Crippen LogP contribution in [0.1, 0.15) is 20.2 Å². The molecule has 35 heavy (non-hydrogen) atoms. The number of carbonyl (C=O) groups excluding carboxylic acids is 2. The zero-order chi connectivity index (χ0) is 24.4. The summed E-state index contributed by atoms with van der Waals surface area (Å²) in [5, 5.41) is 5.30. The molecule has 1 saturated heterocycles. The van der Waals surface area contributed by atoms with E-state index in [1.54, 1.807) is 18.2 Å². The summed E-state index contributed by atoms with van der Waals surface area (Å²) in [6.07, 6.45) is 0. The molecular weight excluding hydrogens is 550 g/mol. The SMILES string of the molecule is O=C(Nc1ccc(N2CCN(C(=O)c3cccs3)CC2)c(Cl)c1)c1ccc(-c2ccc(Br)cc2)o1. The number of nitrogens with one attached hydrogen (secondary N) is 1. The first-order valence-electron chi connectivity index (χ1n) is 11.0. The number of benzene rings is 2. The first-order chi connectivity index (χ1) is 17.0. The van der Waals surface area contributed by atoms with E-state index in [0.717, 1.165) is 20.6 Å². The molecule has 0 atom stereocenters. The third kappa shape index (κ3) is 5.29. The van der Waals surface area contributed by atoms with Crippen LogP contribution in [0.4, 0.5) is 11.4 Å². The normalized spacial score (nSPS) is 13.7. The highest BCUT2D eigenvalue weighted by atomic mass is 79.9. The number of anilines is 2. The second-order valence-electron chi connectivity index (χ2n) is 8.05. The predicted octanol–water partition coefficient (Wildman–Crippen LogP) is 6.64. The number of piperazine rings is 1. The Morgan fingerprint density at radius 2 is 1.74 bits per heavy atom. The molecule has 1 aliphatic rings. The Morgan fingerprint density at radius 1 is 0.971 bits per heavy atom. The third-order valence-electron chi connectivity index (χ3n) is 5.80. The predicted molar refractivity (Wildman–Crippen MR) is 144 cm³/mol. The van der Waals surface area contributed by atoms with Gasteiger partial charge in [-0.15, -0.1) is 11.3 Å². The van der Waals surface area contributed by atoms with Gasteiger partial charge in [-0.3, -0.25) is 9.59 Å². The zero-order valence-electron chi connectivity index (χ0n) is 18.5. The monoisotopic (exact) mass is 569 g/mol. The summed E-state index contributed by atoms with van der Waals surface area (Å²) in [6.45, 7) is 2.64. The Morgan fingerprint density at radius 3 is 2.43 bits per heavy atom. The summed E-state index contributed by atoms with van der Waals surface area (Å²) in [5.74, 6) is 0.560. The van der Waals surface area contributed by atoms with Crippen LogP contribution in [0.3, 0.4) is 0 Å². The maximum Gasteiger partial charge on any atom is 0.291 e. The molecule has 9 heteroatoms. The van der Waals surface area contributed by atoms with E-state index in [1.165, 1.54) is 11.3 Å². The van der Waals surface area contributed by atoms with E-state index >= 15 is 0 Å². The molecule has 0 spiro atoms. The van der Waals surface area contributed by atoms with Gasteiger partial charge in [0.15, 0.2) is 5.76 Å². The summed E-state index contributed by atoms with van der Waals surface area (Å²) >= 11 is 11.4. The second kappa shape index (κ2) is 10.3. The average Bonchev–Trinajstić information content (AvgIpc) is 3.57. The van der Waals surface area contributed by atoms with Gasteiger partial charge in [-0.1, -0.05) is 45.7 Å². The summed E-state index contributed by atoms with van der Waals surface area (Å²) in [7, 11) is 0. The Balaban J connectivity index is 1.21. The van der Waals surface area contributed by atoms with Crippen molar-refractivity contribution in [2.24, 2.45) is 0 Å². The maximum absolute atomic E-state index is 12.7. The van der Waals surface area contributed by atoms with E-state index in [2.05, 4.69) is 26.1 Å². The molecule has 2 amide bonds. The molecule has 0 aliphatic carbocycles.